The molecule has 0 spiro atoms. The van der Waals surface area contributed by atoms with Crippen molar-refractivity contribution in [3.63, 3.8) is 0 Å². The fourth-order valence-electron chi connectivity index (χ4n) is 3.24. The number of hydrogen-bond acceptors (Lipinski definition) is 7. The quantitative estimate of drug-likeness (QED) is 0.0567. The van der Waals surface area contributed by atoms with Crippen LogP contribution in [0.1, 0.15) is 96.8 Å². The Kier molecular flexibility index (Phi) is 22.3. The van der Waals surface area contributed by atoms with Gasteiger partial charge in [0.2, 0.25) is 0 Å². The lowest BCUT2D eigenvalue weighted by atomic mass is 10.1. The van der Waals surface area contributed by atoms with Gasteiger partial charge >= 0.3 is 19.5 Å². The van der Waals surface area contributed by atoms with Crippen LogP contribution in [0.2, 0.25) is 0 Å². The molecule has 0 aromatic heterocycles. The lowest BCUT2D eigenvalue weighted by molar-refractivity contribution is -0.138. The first-order valence-corrected chi connectivity index (χ1v) is 14.7. The number of ether oxygens (including phenoxy) is 2. The number of carbonyl (C=O) groups is 2. The molecule has 0 bridgehead atoms. The van der Waals surface area contributed by atoms with Crippen molar-refractivity contribution in [3.8, 4) is 0 Å². The summed E-state index contributed by atoms with van der Waals surface area (Å²) in [7, 11) is -3.06. The number of esters is 2. The van der Waals surface area contributed by atoms with Gasteiger partial charge in [-0.25, -0.2) is 9.59 Å². The zero-order valence-electron chi connectivity index (χ0n) is 21.3. The monoisotopic (exact) mass is 502 g/mol. The van der Waals surface area contributed by atoms with Crippen LogP contribution >= 0.6 is 7.60 Å². The molecule has 0 aliphatic carbocycles. The Bertz CT molecular complexity index is 550. The van der Waals surface area contributed by atoms with E-state index in [0.717, 1.165) is 89.9 Å². The lowest BCUT2D eigenvalue weighted by Gasteiger charge is -2.19. The van der Waals surface area contributed by atoms with Crippen molar-refractivity contribution < 1.29 is 32.7 Å². The van der Waals surface area contributed by atoms with E-state index in [4.69, 9.17) is 18.5 Å². The molecule has 0 saturated carbocycles. The molecule has 198 valence electrons. The van der Waals surface area contributed by atoms with Crippen molar-refractivity contribution in [2.75, 3.05) is 32.6 Å². The second-order valence-electron chi connectivity index (χ2n) is 8.34. The molecule has 0 atom stereocenters. The Morgan fingerprint density at radius 3 is 1.41 bits per heavy atom. The van der Waals surface area contributed by atoms with Crippen molar-refractivity contribution in [1.82, 2.24) is 0 Å². The molecular formula is C26H47O7P. The van der Waals surface area contributed by atoms with Crippen LogP contribution in [-0.4, -0.2) is 44.5 Å². The van der Waals surface area contributed by atoms with Crippen LogP contribution < -0.4 is 0 Å². The average molecular weight is 503 g/mol. The maximum Gasteiger partial charge on any atom is 0.330 e. The highest BCUT2D eigenvalue weighted by atomic mass is 31.2. The summed E-state index contributed by atoms with van der Waals surface area (Å²) >= 11 is 0. The smallest absolute Gasteiger partial charge is 0.330 e. The first-order chi connectivity index (χ1) is 16.5. The van der Waals surface area contributed by atoms with Crippen LogP contribution in [0.25, 0.3) is 0 Å². The van der Waals surface area contributed by atoms with Crippen molar-refractivity contribution in [2.24, 2.45) is 0 Å². The van der Waals surface area contributed by atoms with Crippen LogP contribution in [0.5, 0.6) is 0 Å². The van der Waals surface area contributed by atoms with E-state index in [-0.39, 0.29) is 11.9 Å². The van der Waals surface area contributed by atoms with Gasteiger partial charge in [-0.15, -0.1) is 0 Å². The summed E-state index contributed by atoms with van der Waals surface area (Å²) < 4.78 is 34.6. The molecule has 0 N–H and O–H groups in total. The van der Waals surface area contributed by atoms with Crippen molar-refractivity contribution >= 4 is 19.5 Å². The maximum atomic E-state index is 13.2. The molecule has 0 saturated heterocycles. The Morgan fingerprint density at radius 1 is 0.618 bits per heavy atom. The topological polar surface area (TPSA) is 88.1 Å². The standard InChI is InChI=1S/C26H47O7P/c1-4-7-8-19-24-34(29,32-22-17-13-9-11-15-20-30-25(27)5-2)33-23-18-14-10-12-16-21-31-26(28)6-3/h5-6H,2-4,7-24H2,1H3. The van der Waals surface area contributed by atoms with Crippen LogP contribution in [0, 0.1) is 0 Å². The Morgan fingerprint density at radius 2 is 1.00 bits per heavy atom. The fraction of sp³-hybridized carbons (Fsp3) is 0.769. The van der Waals surface area contributed by atoms with Gasteiger partial charge in [0.1, 0.15) is 0 Å². The summed E-state index contributed by atoms with van der Waals surface area (Å²) in [5, 5.41) is 0. The Hall–Kier alpha value is -1.43. The van der Waals surface area contributed by atoms with Crippen molar-refractivity contribution in [3.05, 3.63) is 25.3 Å². The summed E-state index contributed by atoms with van der Waals surface area (Å²) in [5.74, 6) is -0.760. The van der Waals surface area contributed by atoms with Crippen LogP contribution in [0.4, 0.5) is 0 Å². The molecule has 8 heteroatoms. The van der Waals surface area contributed by atoms with E-state index < -0.39 is 7.60 Å². The van der Waals surface area contributed by atoms with Gasteiger partial charge in [-0.3, -0.25) is 4.57 Å². The number of hydrogen-bond donors (Lipinski definition) is 0. The highest BCUT2D eigenvalue weighted by Gasteiger charge is 2.23. The van der Waals surface area contributed by atoms with E-state index in [2.05, 4.69) is 20.1 Å². The third kappa shape index (κ3) is 21.1. The molecule has 0 heterocycles. The molecule has 0 amide bonds. The van der Waals surface area contributed by atoms with E-state index >= 15 is 0 Å². The van der Waals surface area contributed by atoms with Crippen LogP contribution in [-0.2, 0) is 32.7 Å². The minimum absolute atomic E-state index is 0.380. The predicted octanol–water partition coefficient (Wildman–Crippen LogP) is 7.15. The fourth-order valence-corrected chi connectivity index (χ4v) is 5.00. The molecule has 0 fully saturated rings. The third-order valence-electron chi connectivity index (χ3n) is 5.26. The maximum absolute atomic E-state index is 13.2. The van der Waals surface area contributed by atoms with Gasteiger partial charge in [0.25, 0.3) is 0 Å². The van der Waals surface area contributed by atoms with Gasteiger partial charge in [0, 0.05) is 12.2 Å². The molecule has 0 aromatic rings. The lowest BCUT2D eigenvalue weighted by Crippen LogP contribution is -2.04. The van der Waals surface area contributed by atoms with Crippen LogP contribution in [0.3, 0.4) is 0 Å². The third-order valence-corrected chi connectivity index (χ3v) is 7.28. The van der Waals surface area contributed by atoms with E-state index in [0.29, 0.717) is 32.6 Å². The minimum atomic E-state index is -3.06. The van der Waals surface area contributed by atoms with Gasteiger partial charge in [-0.05, 0) is 32.1 Å². The summed E-state index contributed by atoms with van der Waals surface area (Å²) in [6.45, 7) is 10.6. The largest absolute Gasteiger partial charge is 0.463 e. The first-order valence-electron chi connectivity index (χ1n) is 12.9. The Balaban J connectivity index is 3.99. The second kappa shape index (κ2) is 23.3. The van der Waals surface area contributed by atoms with Gasteiger partial charge in [0.15, 0.2) is 0 Å². The number of carbonyl (C=O) groups excluding carboxylic acids is 2. The first kappa shape index (κ1) is 32.6. The van der Waals surface area contributed by atoms with Gasteiger partial charge in [-0.2, -0.15) is 0 Å². The average Bonchev–Trinajstić information content (AvgIpc) is 2.84. The van der Waals surface area contributed by atoms with Crippen LogP contribution in [0.15, 0.2) is 25.3 Å². The van der Waals surface area contributed by atoms with E-state index in [1.807, 2.05) is 0 Å². The van der Waals surface area contributed by atoms with Crippen molar-refractivity contribution in [1.29, 1.82) is 0 Å². The molecule has 7 nitrogen and oxygen atoms in total. The van der Waals surface area contributed by atoms with E-state index in [1.165, 1.54) is 12.2 Å². The molecule has 0 rings (SSSR count). The molecular weight excluding hydrogens is 455 g/mol. The molecule has 0 aromatic carbocycles. The zero-order chi connectivity index (χ0) is 25.3. The molecule has 0 radical (unpaired) electrons. The second-order valence-corrected chi connectivity index (χ2v) is 10.5. The molecule has 0 unspecified atom stereocenters. The SMILES string of the molecule is C=CC(=O)OCCCCCCCOP(=O)(CCCCCC)OCCCCCCCOC(=O)C=C. The normalized spacial score (nSPS) is 11.2. The predicted molar refractivity (Wildman–Crippen MR) is 137 cm³/mol. The summed E-state index contributed by atoms with van der Waals surface area (Å²) in [4.78, 5) is 21.9. The van der Waals surface area contributed by atoms with E-state index in [1.54, 1.807) is 0 Å². The van der Waals surface area contributed by atoms with Crippen molar-refractivity contribution in [2.45, 2.75) is 96.8 Å². The minimum Gasteiger partial charge on any atom is -0.463 e. The Labute approximate surface area is 207 Å². The summed E-state index contributed by atoms with van der Waals surface area (Å²) in [6, 6.07) is 0. The highest BCUT2D eigenvalue weighted by molar-refractivity contribution is 7.53. The van der Waals surface area contributed by atoms with E-state index in [9.17, 15) is 14.2 Å². The molecule has 34 heavy (non-hydrogen) atoms. The van der Waals surface area contributed by atoms with Gasteiger partial charge in [-0.1, -0.05) is 77.9 Å². The highest BCUT2D eigenvalue weighted by Crippen LogP contribution is 2.49. The molecule has 0 aliphatic heterocycles. The zero-order valence-corrected chi connectivity index (χ0v) is 22.2. The van der Waals surface area contributed by atoms with Gasteiger partial charge < -0.3 is 18.5 Å². The van der Waals surface area contributed by atoms with Gasteiger partial charge in [0.05, 0.1) is 32.6 Å². The number of rotatable bonds is 25. The number of unbranched alkanes of at least 4 members (excludes halogenated alkanes) is 11. The molecule has 0 aliphatic rings. The summed E-state index contributed by atoms with van der Waals surface area (Å²) in [5.41, 5.74) is 0. The summed E-state index contributed by atoms with van der Waals surface area (Å²) in [6.07, 6.45) is 16.3.